The molecule has 132 valence electrons. The Hall–Kier alpha value is -1.55. The molecule has 2 fully saturated rings. The van der Waals surface area contributed by atoms with Crippen LogP contribution in [0.15, 0.2) is 24.3 Å². The van der Waals surface area contributed by atoms with Gasteiger partial charge in [-0.2, -0.15) is 0 Å². The average Bonchev–Trinajstić information content (AvgIpc) is 3.09. The summed E-state index contributed by atoms with van der Waals surface area (Å²) in [5.74, 6) is 1.38. The zero-order chi connectivity index (χ0) is 17.0. The van der Waals surface area contributed by atoms with E-state index in [1.165, 1.54) is 19.3 Å². The predicted molar refractivity (Wildman–Crippen MR) is 95.3 cm³/mol. The first-order valence-electron chi connectivity index (χ1n) is 9.25. The largest absolute Gasteiger partial charge is 0.490 e. The molecule has 4 nitrogen and oxygen atoms in total. The molecule has 3 rings (SSSR count). The average molecular weight is 331 g/mol. The Morgan fingerprint density at radius 1 is 1.12 bits per heavy atom. The van der Waals surface area contributed by atoms with E-state index in [-0.39, 0.29) is 5.91 Å². The number of amides is 1. The molecule has 0 saturated heterocycles. The van der Waals surface area contributed by atoms with E-state index in [1.54, 1.807) is 7.11 Å². The molecule has 0 spiro atoms. The Balaban J connectivity index is 1.61. The first kappa shape index (κ1) is 17.3. The fraction of sp³-hybridized carbons (Fsp3) is 0.650. The second-order valence-corrected chi connectivity index (χ2v) is 7.40. The van der Waals surface area contributed by atoms with Crippen LogP contribution in [0.2, 0.25) is 0 Å². The first-order valence-corrected chi connectivity index (χ1v) is 9.25. The molecular weight excluding hydrogens is 302 g/mol. The van der Waals surface area contributed by atoms with Gasteiger partial charge >= 0.3 is 0 Å². The van der Waals surface area contributed by atoms with Crippen LogP contribution in [0.25, 0.3) is 0 Å². The zero-order valence-electron chi connectivity index (χ0n) is 14.8. The van der Waals surface area contributed by atoms with Gasteiger partial charge in [-0.25, -0.2) is 0 Å². The van der Waals surface area contributed by atoms with E-state index in [0.29, 0.717) is 12.0 Å². The Kier molecular flexibility index (Phi) is 5.44. The number of hydrogen-bond acceptors (Lipinski definition) is 3. The van der Waals surface area contributed by atoms with Crippen LogP contribution in [0.5, 0.6) is 5.75 Å². The van der Waals surface area contributed by atoms with Crippen LogP contribution in [0.3, 0.4) is 0 Å². The maximum absolute atomic E-state index is 12.8. The smallest absolute Gasteiger partial charge is 0.256 e. The maximum atomic E-state index is 12.8. The van der Waals surface area contributed by atoms with Crippen LogP contribution in [0, 0.1) is 5.92 Å². The fourth-order valence-electron chi connectivity index (χ4n) is 4.05. The summed E-state index contributed by atoms with van der Waals surface area (Å²) in [5, 5.41) is 3.03. The first-order chi connectivity index (χ1) is 11.6. The minimum atomic E-state index is -0.684. The van der Waals surface area contributed by atoms with E-state index < -0.39 is 5.60 Å². The molecule has 2 saturated carbocycles. The molecule has 0 aliphatic heterocycles. The van der Waals surface area contributed by atoms with Crippen LogP contribution in [-0.2, 0) is 9.53 Å². The van der Waals surface area contributed by atoms with Gasteiger partial charge in [-0.1, -0.05) is 13.3 Å². The van der Waals surface area contributed by atoms with Crippen molar-refractivity contribution in [2.24, 2.45) is 5.92 Å². The van der Waals surface area contributed by atoms with Crippen LogP contribution >= 0.6 is 0 Å². The molecule has 2 aliphatic rings. The van der Waals surface area contributed by atoms with Crippen molar-refractivity contribution in [2.45, 2.75) is 70.0 Å². The maximum Gasteiger partial charge on any atom is 0.256 e. The second kappa shape index (κ2) is 7.56. The standard InChI is InChI=1S/C20H29NO3/c1-15-6-5-13-20(14-15,23-2)19(22)21-16-9-11-18(12-10-16)24-17-7-3-4-8-17/h9-12,15,17H,3-8,13-14H2,1-2H3,(H,21,22)/t15-,20-/m0/s1. The molecule has 2 atom stereocenters. The number of benzene rings is 1. The summed E-state index contributed by atoms with van der Waals surface area (Å²) in [6, 6.07) is 7.71. The van der Waals surface area contributed by atoms with Crippen LogP contribution < -0.4 is 10.1 Å². The molecule has 1 N–H and O–H groups in total. The number of carbonyl (C=O) groups excluding carboxylic acids is 1. The summed E-state index contributed by atoms with van der Waals surface area (Å²) >= 11 is 0. The van der Waals surface area contributed by atoms with E-state index in [1.807, 2.05) is 24.3 Å². The molecule has 4 heteroatoms. The lowest BCUT2D eigenvalue weighted by molar-refractivity contribution is -0.143. The van der Waals surface area contributed by atoms with E-state index in [9.17, 15) is 4.79 Å². The molecule has 0 unspecified atom stereocenters. The van der Waals surface area contributed by atoms with Crippen molar-refractivity contribution in [3.8, 4) is 5.75 Å². The van der Waals surface area contributed by atoms with Crippen LogP contribution in [0.1, 0.15) is 58.3 Å². The summed E-state index contributed by atoms with van der Waals surface area (Å²) in [6.07, 6.45) is 8.96. The molecule has 0 bridgehead atoms. The lowest BCUT2D eigenvalue weighted by Crippen LogP contribution is -2.47. The third kappa shape index (κ3) is 3.92. The van der Waals surface area contributed by atoms with Gasteiger partial charge in [0, 0.05) is 12.8 Å². The molecule has 1 aromatic carbocycles. The van der Waals surface area contributed by atoms with Crippen molar-refractivity contribution in [2.75, 3.05) is 12.4 Å². The lowest BCUT2D eigenvalue weighted by atomic mass is 9.78. The highest BCUT2D eigenvalue weighted by Gasteiger charge is 2.41. The number of carbonyl (C=O) groups is 1. The van der Waals surface area contributed by atoms with E-state index in [4.69, 9.17) is 9.47 Å². The minimum absolute atomic E-state index is 0.0268. The van der Waals surface area contributed by atoms with Crippen LogP contribution in [0.4, 0.5) is 5.69 Å². The normalized spacial score (nSPS) is 27.8. The van der Waals surface area contributed by atoms with E-state index in [2.05, 4.69) is 12.2 Å². The van der Waals surface area contributed by atoms with Crippen molar-refractivity contribution in [3.05, 3.63) is 24.3 Å². The topological polar surface area (TPSA) is 47.6 Å². The lowest BCUT2D eigenvalue weighted by Gasteiger charge is -2.37. The molecule has 24 heavy (non-hydrogen) atoms. The van der Waals surface area contributed by atoms with Gasteiger partial charge in [0.15, 0.2) is 0 Å². The molecule has 0 radical (unpaired) electrons. The van der Waals surface area contributed by atoms with E-state index >= 15 is 0 Å². The highest BCUT2D eigenvalue weighted by atomic mass is 16.5. The molecule has 1 amide bonds. The number of nitrogens with one attached hydrogen (secondary N) is 1. The van der Waals surface area contributed by atoms with Gasteiger partial charge in [0.25, 0.3) is 5.91 Å². The SMILES string of the molecule is CO[C@@]1(C(=O)Nc2ccc(OC3CCCC3)cc2)CCC[C@H](C)C1. The number of methoxy groups -OCH3 is 1. The summed E-state index contributed by atoms with van der Waals surface area (Å²) in [7, 11) is 1.65. The van der Waals surface area contributed by atoms with Gasteiger partial charge in [-0.15, -0.1) is 0 Å². The third-order valence-electron chi connectivity index (χ3n) is 5.48. The second-order valence-electron chi connectivity index (χ2n) is 7.40. The summed E-state index contributed by atoms with van der Waals surface area (Å²) in [5.41, 5.74) is 0.116. The van der Waals surface area contributed by atoms with Gasteiger partial charge in [-0.05, 0) is 75.1 Å². The van der Waals surface area contributed by atoms with Gasteiger partial charge < -0.3 is 14.8 Å². The minimum Gasteiger partial charge on any atom is -0.490 e. The molecule has 0 aromatic heterocycles. The number of rotatable bonds is 5. The summed E-state index contributed by atoms with van der Waals surface area (Å²) < 4.78 is 11.6. The van der Waals surface area contributed by atoms with Gasteiger partial charge in [0.2, 0.25) is 0 Å². The van der Waals surface area contributed by atoms with Gasteiger partial charge in [0.05, 0.1) is 6.10 Å². The van der Waals surface area contributed by atoms with Crippen LogP contribution in [-0.4, -0.2) is 24.7 Å². The Bertz CT molecular complexity index is 551. The summed E-state index contributed by atoms with van der Waals surface area (Å²) in [6.45, 7) is 2.19. The van der Waals surface area contributed by atoms with Crippen molar-refractivity contribution < 1.29 is 14.3 Å². The molecular formula is C20H29NO3. The number of ether oxygens (including phenoxy) is 2. The predicted octanol–water partition coefficient (Wildman–Crippen LogP) is 4.54. The van der Waals surface area contributed by atoms with Crippen molar-refractivity contribution >= 4 is 11.6 Å². The Labute approximate surface area is 144 Å². The third-order valence-corrected chi connectivity index (χ3v) is 5.48. The van der Waals surface area contributed by atoms with Gasteiger partial charge in [0.1, 0.15) is 11.4 Å². The van der Waals surface area contributed by atoms with Crippen molar-refractivity contribution in [1.82, 2.24) is 0 Å². The number of hydrogen-bond donors (Lipinski definition) is 1. The molecule has 0 heterocycles. The van der Waals surface area contributed by atoms with Crippen molar-refractivity contribution in [1.29, 1.82) is 0 Å². The molecule has 1 aromatic rings. The summed E-state index contributed by atoms with van der Waals surface area (Å²) in [4.78, 5) is 12.8. The Morgan fingerprint density at radius 3 is 2.46 bits per heavy atom. The molecule has 2 aliphatic carbocycles. The van der Waals surface area contributed by atoms with Gasteiger partial charge in [-0.3, -0.25) is 4.79 Å². The van der Waals surface area contributed by atoms with Crippen molar-refractivity contribution in [3.63, 3.8) is 0 Å². The zero-order valence-corrected chi connectivity index (χ0v) is 14.8. The van der Waals surface area contributed by atoms with E-state index in [0.717, 1.165) is 43.5 Å². The highest BCUT2D eigenvalue weighted by Crippen LogP contribution is 2.36. The fourth-order valence-corrected chi connectivity index (χ4v) is 4.05. The number of anilines is 1. The quantitative estimate of drug-likeness (QED) is 0.861. The highest BCUT2D eigenvalue weighted by molar-refractivity contribution is 5.97. The Morgan fingerprint density at radius 2 is 1.83 bits per heavy atom. The monoisotopic (exact) mass is 331 g/mol.